The number of benzene rings is 3. The molecule has 3 aromatic carbocycles. The Hall–Kier alpha value is -3.84. The van der Waals surface area contributed by atoms with Crippen LogP contribution in [-0.4, -0.2) is 57.8 Å². The molecule has 41 heavy (non-hydrogen) atoms. The molecule has 218 valence electrons. The van der Waals surface area contributed by atoms with E-state index >= 15 is 0 Å². The summed E-state index contributed by atoms with van der Waals surface area (Å²) < 4.78 is 16.9. The van der Waals surface area contributed by atoms with Crippen LogP contribution in [0.2, 0.25) is 0 Å². The molecule has 0 saturated carbocycles. The number of rotatable bonds is 13. The van der Waals surface area contributed by atoms with Crippen LogP contribution in [0.15, 0.2) is 78.0 Å². The molecule has 0 radical (unpaired) electrons. The first-order valence-electron chi connectivity index (χ1n) is 14.4. The van der Waals surface area contributed by atoms with Crippen LogP contribution in [0.3, 0.4) is 0 Å². The lowest BCUT2D eigenvalue weighted by Gasteiger charge is -2.40. The Labute approximate surface area is 244 Å². The Morgan fingerprint density at radius 2 is 1.73 bits per heavy atom. The number of carbonyl (C=O) groups is 1. The molecule has 7 nitrogen and oxygen atoms in total. The molecule has 1 aliphatic rings. The van der Waals surface area contributed by atoms with Gasteiger partial charge in [0.25, 0.3) is 0 Å². The van der Waals surface area contributed by atoms with E-state index in [1.165, 1.54) is 11.3 Å². The van der Waals surface area contributed by atoms with E-state index in [0.29, 0.717) is 26.2 Å². The summed E-state index contributed by atoms with van der Waals surface area (Å²) >= 11 is 0. The van der Waals surface area contributed by atoms with Crippen molar-refractivity contribution in [1.82, 2.24) is 0 Å². The largest absolute Gasteiger partial charge is 0.492 e. The van der Waals surface area contributed by atoms with Crippen molar-refractivity contribution in [2.45, 2.75) is 52.1 Å². The van der Waals surface area contributed by atoms with Gasteiger partial charge < -0.3 is 23.9 Å². The van der Waals surface area contributed by atoms with Crippen LogP contribution in [0, 0.1) is 0 Å². The second-order valence-electron chi connectivity index (χ2n) is 10.7. The zero-order chi connectivity index (χ0) is 29.2. The smallest absolute Gasteiger partial charge is 0.335 e. The molecular formula is C34H42N2O5. The van der Waals surface area contributed by atoms with Gasteiger partial charge in [-0.1, -0.05) is 67.5 Å². The number of hydrogen-bond acceptors (Lipinski definition) is 7. The highest BCUT2D eigenvalue weighted by atomic mass is 16.6. The zero-order valence-corrected chi connectivity index (χ0v) is 24.9. The molecule has 0 aliphatic carbocycles. The van der Waals surface area contributed by atoms with Gasteiger partial charge in [-0.15, -0.1) is 0 Å². The lowest BCUT2D eigenvalue weighted by molar-refractivity contribution is -0.156. The van der Waals surface area contributed by atoms with Crippen LogP contribution in [0.1, 0.15) is 56.4 Å². The van der Waals surface area contributed by atoms with E-state index in [0.717, 1.165) is 47.7 Å². The number of nitrogens with zero attached hydrogens (tertiary/aromatic N) is 2. The monoisotopic (exact) mass is 558 g/mol. The summed E-state index contributed by atoms with van der Waals surface area (Å²) in [6, 6.07) is 24.6. The van der Waals surface area contributed by atoms with E-state index in [9.17, 15) is 4.79 Å². The summed E-state index contributed by atoms with van der Waals surface area (Å²) in [5.74, 6) is 0.475. The molecule has 0 bridgehead atoms. The molecular weight excluding hydrogens is 516 g/mol. The first-order chi connectivity index (χ1) is 19.9. The Bertz CT molecular complexity index is 1300. The average molecular weight is 559 g/mol. The zero-order valence-electron chi connectivity index (χ0n) is 24.9. The summed E-state index contributed by atoms with van der Waals surface area (Å²) in [7, 11) is 1.58. The van der Waals surface area contributed by atoms with Gasteiger partial charge in [-0.25, -0.2) is 4.79 Å². The van der Waals surface area contributed by atoms with Crippen molar-refractivity contribution >= 4 is 17.4 Å². The molecule has 0 saturated heterocycles. The standard InChI is InChI=1S/C34H42N2O5/c1-6-39-31(33(37)40-7-2)23-25-13-16-28(17-14-25)41-22-21-36-20-19-34(3,4)29-24-27(15-18-30(29)36)32(35-38-5)26-11-9-8-10-12-26/h8-18,24,31H,6-7,19-23H2,1-5H3/b35-32-. The van der Waals surface area contributed by atoms with Crippen molar-refractivity contribution in [1.29, 1.82) is 0 Å². The van der Waals surface area contributed by atoms with Gasteiger partial charge in [-0.2, -0.15) is 0 Å². The minimum absolute atomic E-state index is 0.0380. The van der Waals surface area contributed by atoms with Gasteiger partial charge in [0, 0.05) is 36.4 Å². The van der Waals surface area contributed by atoms with Crippen molar-refractivity contribution in [2.24, 2.45) is 5.16 Å². The van der Waals surface area contributed by atoms with Gasteiger partial charge >= 0.3 is 5.97 Å². The van der Waals surface area contributed by atoms with Crippen LogP contribution in [0.5, 0.6) is 5.75 Å². The van der Waals surface area contributed by atoms with E-state index in [1.807, 2.05) is 49.4 Å². The maximum Gasteiger partial charge on any atom is 0.335 e. The van der Waals surface area contributed by atoms with Crippen LogP contribution >= 0.6 is 0 Å². The molecule has 0 amide bonds. The van der Waals surface area contributed by atoms with Crippen molar-refractivity contribution in [3.8, 4) is 5.75 Å². The van der Waals surface area contributed by atoms with Crippen LogP contribution in [0.25, 0.3) is 0 Å². The van der Waals surface area contributed by atoms with Gasteiger partial charge in [0.1, 0.15) is 25.2 Å². The van der Waals surface area contributed by atoms with Crippen LogP contribution in [0.4, 0.5) is 5.69 Å². The van der Waals surface area contributed by atoms with Crippen molar-refractivity contribution < 1.29 is 23.8 Å². The number of fused-ring (bicyclic) bond motifs is 1. The number of hydrogen-bond donors (Lipinski definition) is 0. The number of oxime groups is 1. The second-order valence-corrected chi connectivity index (χ2v) is 10.7. The number of carbonyl (C=O) groups excluding carboxylic acids is 1. The van der Waals surface area contributed by atoms with Gasteiger partial charge in [0.15, 0.2) is 6.10 Å². The Morgan fingerprint density at radius 3 is 2.41 bits per heavy atom. The summed E-state index contributed by atoms with van der Waals surface area (Å²) in [5, 5.41) is 4.36. The highest BCUT2D eigenvalue weighted by molar-refractivity contribution is 6.13. The van der Waals surface area contributed by atoms with Crippen molar-refractivity contribution in [3.05, 3.63) is 95.1 Å². The normalized spacial score (nSPS) is 15.1. The van der Waals surface area contributed by atoms with E-state index in [1.54, 1.807) is 14.0 Å². The highest BCUT2D eigenvalue weighted by Gasteiger charge is 2.32. The van der Waals surface area contributed by atoms with Crippen LogP contribution in [-0.2, 0) is 30.9 Å². The Morgan fingerprint density at radius 1 is 0.976 bits per heavy atom. The number of ether oxygens (including phenoxy) is 3. The average Bonchev–Trinajstić information content (AvgIpc) is 2.98. The third-order valence-corrected chi connectivity index (χ3v) is 7.47. The molecule has 0 N–H and O–H groups in total. The van der Waals surface area contributed by atoms with E-state index < -0.39 is 6.10 Å². The fraction of sp³-hybridized carbons (Fsp3) is 0.412. The quantitative estimate of drug-likeness (QED) is 0.142. The van der Waals surface area contributed by atoms with Crippen molar-refractivity contribution in [3.63, 3.8) is 0 Å². The van der Waals surface area contributed by atoms with Crippen molar-refractivity contribution in [2.75, 3.05) is 44.9 Å². The predicted molar refractivity (Wildman–Crippen MR) is 163 cm³/mol. The minimum atomic E-state index is -0.597. The Kier molecular flexibility index (Phi) is 10.4. The molecule has 1 atom stereocenters. The van der Waals surface area contributed by atoms with E-state index in [-0.39, 0.29) is 11.4 Å². The highest BCUT2D eigenvalue weighted by Crippen LogP contribution is 2.40. The topological polar surface area (TPSA) is 69.6 Å². The molecule has 0 fully saturated rings. The molecule has 1 unspecified atom stereocenters. The third kappa shape index (κ3) is 7.67. The van der Waals surface area contributed by atoms with Crippen LogP contribution < -0.4 is 9.64 Å². The van der Waals surface area contributed by atoms with Gasteiger partial charge in [0.2, 0.25) is 0 Å². The number of esters is 1. The lowest BCUT2D eigenvalue weighted by atomic mass is 9.76. The first-order valence-corrected chi connectivity index (χ1v) is 14.4. The molecule has 3 aromatic rings. The summed E-state index contributed by atoms with van der Waals surface area (Å²) in [5.41, 5.74) is 6.46. The molecule has 1 aliphatic heterocycles. The minimum Gasteiger partial charge on any atom is -0.492 e. The SMILES string of the molecule is CCOC(=O)C(Cc1ccc(OCCN2CCC(C)(C)c3cc(/C(=N\OC)c4ccccc4)ccc32)cc1)OCC. The first kappa shape index (κ1) is 30.1. The fourth-order valence-electron chi connectivity index (χ4n) is 5.22. The maximum atomic E-state index is 12.2. The Balaban J connectivity index is 1.42. The molecule has 7 heteroatoms. The summed E-state index contributed by atoms with van der Waals surface area (Å²) in [6.45, 7) is 11.4. The molecule has 4 rings (SSSR count). The molecule has 0 spiro atoms. The maximum absolute atomic E-state index is 12.2. The van der Waals surface area contributed by atoms with E-state index in [4.69, 9.17) is 19.0 Å². The van der Waals surface area contributed by atoms with Gasteiger partial charge in [0.05, 0.1) is 13.2 Å². The second kappa shape index (κ2) is 14.2. The molecule has 1 heterocycles. The number of anilines is 1. The third-order valence-electron chi connectivity index (χ3n) is 7.47. The van der Waals surface area contributed by atoms with Gasteiger partial charge in [-0.05, 0) is 61.1 Å². The van der Waals surface area contributed by atoms with E-state index in [2.05, 4.69) is 54.2 Å². The lowest BCUT2D eigenvalue weighted by Crippen LogP contribution is -2.39. The van der Waals surface area contributed by atoms with Gasteiger partial charge in [-0.3, -0.25) is 0 Å². The summed E-state index contributed by atoms with van der Waals surface area (Å²) in [4.78, 5) is 19.8. The summed E-state index contributed by atoms with van der Waals surface area (Å²) in [6.07, 6.45) is 0.915. The fourth-order valence-corrected chi connectivity index (χ4v) is 5.22. The predicted octanol–water partition coefficient (Wildman–Crippen LogP) is 6.16. The molecule has 0 aromatic heterocycles.